The highest BCUT2D eigenvalue weighted by Gasteiger charge is 2.22. The summed E-state index contributed by atoms with van der Waals surface area (Å²) in [6.07, 6.45) is 2.71. The third kappa shape index (κ3) is 1.49. The van der Waals surface area contributed by atoms with Crippen molar-refractivity contribution >= 4 is 33.4 Å². The van der Waals surface area contributed by atoms with E-state index in [9.17, 15) is 9.59 Å². The summed E-state index contributed by atoms with van der Waals surface area (Å²) in [7, 11) is 1.99. The number of rotatable bonds is 0. The van der Waals surface area contributed by atoms with E-state index in [2.05, 4.69) is 23.6 Å². The molecular weight excluding hydrogens is 262 g/mol. The molecule has 1 aromatic heterocycles. The maximum absolute atomic E-state index is 12.1. The minimum atomic E-state index is -0.103. The lowest BCUT2D eigenvalue weighted by Crippen LogP contribution is -2.11. The molecule has 0 N–H and O–H groups in total. The fourth-order valence-electron chi connectivity index (χ4n) is 3.22. The van der Waals surface area contributed by atoms with Crippen molar-refractivity contribution < 1.29 is 9.59 Å². The maximum Gasteiger partial charge on any atom is 0.186 e. The van der Waals surface area contributed by atoms with E-state index in [4.69, 9.17) is 0 Å². The van der Waals surface area contributed by atoms with Gasteiger partial charge in [0, 0.05) is 40.0 Å². The molecule has 1 aliphatic carbocycles. The number of nitrogens with zero attached hydrogens (tertiary/aromatic N) is 1. The number of ketones is 2. The van der Waals surface area contributed by atoms with E-state index >= 15 is 0 Å². The lowest BCUT2D eigenvalue weighted by molar-refractivity contribution is 0.0994. The van der Waals surface area contributed by atoms with Crippen molar-refractivity contribution in [1.82, 2.24) is 4.57 Å². The second kappa shape index (κ2) is 3.92. The Balaban J connectivity index is 2.24. The Morgan fingerprint density at radius 2 is 1.57 bits per heavy atom. The topological polar surface area (TPSA) is 39.1 Å². The normalized spacial score (nSPS) is 14.2. The van der Waals surface area contributed by atoms with Crippen LogP contribution in [0.1, 0.15) is 26.3 Å². The molecule has 21 heavy (non-hydrogen) atoms. The average Bonchev–Trinajstić information content (AvgIpc) is 2.76. The molecule has 2 aromatic carbocycles. The van der Waals surface area contributed by atoms with E-state index in [1.807, 2.05) is 25.2 Å². The summed E-state index contributed by atoms with van der Waals surface area (Å²) in [5.74, 6) is -0.203. The number of aromatic nitrogens is 1. The third-order valence-corrected chi connectivity index (χ3v) is 4.30. The first-order valence-corrected chi connectivity index (χ1v) is 6.86. The zero-order valence-electron chi connectivity index (χ0n) is 11.8. The van der Waals surface area contributed by atoms with Gasteiger partial charge in [0.25, 0.3) is 0 Å². The van der Waals surface area contributed by atoms with Gasteiger partial charge in [-0.3, -0.25) is 9.59 Å². The average molecular weight is 275 g/mol. The smallest absolute Gasteiger partial charge is 0.186 e. The van der Waals surface area contributed by atoms with Crippen molar-refractivity contribution in [3.05, 3.63) is 59.2 Å². The van der Waals surface area contributed by atoms with E-state index in [-0.39, 0.29) is 11.6 Å². The molecule has 0 spiro atoms. The third-order valence-electron chi connectivity index (χ3n) is 4.30. The van der Waals surface area contributed by atoms with Crippen LogP contribution in [0.25, 0.3) is 21.8 Å². The molecule has 0 aliphatic heterocycles. The molecule has 0 bridgehead atoms. The van der Waals surface area contributed by atoms with Crippen molar-refractivity contribution in [3.8, 4) is 0 Å². The van der Waals surface area contributed by atoms with Crippen molar-refractivity contribution in [2.45, 2.75) is 6.92 Å². The Labute approximate surface area is 121 Å². The zero-order chi connectivity index (χ0) is 14.7. The van der Waals surface area contributed by atoms with Crippen LogP contribution in [0.4, 0.5) is 0 Å². The molecular formula is C18H13NO2. The number of carbonyl (C=O) groups is 2. The standard InChI is InChI=1S/C18H13NO2/c1-10-4-3-5-14-18(10)13-8-11-12(9-15(13)19(14)2)17(21)7-6-16(11)20/h3-9H,1-2H3. The highest BCUT2D eigenvalue weighted by molar-refractivity contribution is 6.25. The summed E-state index contributed by atoms with van der Waals surface area (Å²) in [5.41, 5.74) is 4.27. The summed E-state index contributed by atoms with van der Waals surface area (Å²) < 4.78 is 2.08. The van der Waals surface area contributed by atoms with E-state index in [1.165, 1.54) is 17.7 Å². The number of hydrogen-bond acceptors (Lipinski definition) is 2. The Morgan fingerprint density at radius 1 is 0.905 bits per heavy atom. The van der Waals surface area contributed by atoms with Gasteiger partial charge in [-0.2, -0.15) is 0 Å². The van der Waals surface area contributed by atoms with Gasteiger partial charge < -0.3 is 4.57 Å². The zero-order valence-corrected chi connectivity index (χ0v) is 11.8. The summed E-state index contributed by atoms with van der Waals surface area (Å²) in [6, 6.07) is 9.85. The van der Waals surface area contributed by atoms with Crippen LogP contribution in [0.3, 0.4) is 0 Å². The molecule has 4 rings (SSSR count). The number of benzene rings is 2. The minimum absolute atomic E-state index is 0.0999. The summed E-state index contributed by atoms with van der Waals surface area (Å²) in [5, 5.41) is 2.17. The number of aryl methyl sites for hydroxylation is 2. The monoisotopic (exact) mass is 275 g/mol. The van der Waals surface area contributed by atoms with Gasteiger partial charge >= 0.3 is 0 Å². The highest BCUT2D eigenvalue weighted by atomic mass is 16.1. The van der Waals surface area contributed by atoms with E-state index < -0.39 is 0 Å². The van der Waals surface area contributed by atoms with Crippen molar-refractivity contribution in [2.24, 2.45) is 7.05 Å². The van der Waals surface area contributed by atoms with Crippen molar-refractivity contribution in [1.29, 1.82) is 0 Å². The van der Waals surface area contributed by atoms with Gasteiger partial charge in [-0.1, -0.05) is 12.1 Å². The van der Waals surface area contributed by atoms with Crippen molar-refractivity contribution in [2.75, 3.05) is 0 Å². The molecule has 1 aliphatic rings. The number of allylic oxidation sites excluding steroid dienone is 2. The first kappa shape index (κ1) is 12.1. The molecule has 0 amide bonds. The molecule has 0 radical (unpaired) electrons. The van der Waals surface area contributed by atoms with Crippen molar-refractivity contribution in [3.63, 3.8) is 0 Å². The van der Waals surface area contributed by atoms with Crippen LogP contribution in [0.2, 0.25) is 0 Å². The predicted octanol–water partition coefficient (Wildman–Crippen LogP) is 3.58. The van der Waals surface area contributed by atoms with E-state index in [0.29, 0.717) is 11.1 Å². The van der Waals surface area contributed by atoms with E-state index in [0.717, 1.165) is 21.8 Å². The Bertz CT molecular complexity index is 990. The summed E-state index contributed by atoms with van der Waals surface area (Å²) in [6.45, 7) is 2.06. The quantitative estimate of drug-likeness (QED) is 0.629. The van der Waals surface area contributed by atoms with Crippen LogP contribution in [0.5, 0.6) is 0 Å². The molecule has 1 heterocycles. The lowest BCUT2D eigenvalue weighted by Gasteiger charge is -2.09. The fourth-order valence-corrected chi connectivity index (χ4v) is 3.22. The fraction of sp³-hybridized carbons (Fsp3) is 0.111. The number of fused-ring (bicyclic) bond motifs is 4. The summed E-state index contributed by atoms with van der Waals surface area (Å²) >= 11 is 0. The lowest BCUT2D eigenvalue weighted by atomic mass is 9.92. The number of hydrogen-bond donors (Lipinski definition) is 0. The predicted molar refractivity (Wildman–Crippen MR) is 83.0 cm³/mol. The molecule has 3 nitrogen and oxygen atoms in total. The van der Waals surface area contributed by atoms with E-state index in [1.54, 1.807) is 0 Å². The molecule has 102 valence electrons. The van der Waals surface area contributed by atoms with Crippen LogP contribution < -0.4 is 0 Å². The second-order valence-corrected chi connectivity index (χ2v) is 5.50. The molecule has 3 aromatic rings. The Morgan fingerprint density at radius 3 is 2.29 bits per heavy atom. The van der Waals surface area contributed by atoms with Crippen LogP contribution in [-0.2, 0) is 7.05 Å². The SMILES string of the molecule is Cc1cccc2c1c1cc3c(cc1n2C)C(=O)C=CC3=O. The van der Waals surface area contributed by atoms with Crippen LogP contribution in [0, 0.1) is 6.92 Å². The first-order chi connectivity index (χ1) is 10.1. The van der Waals surface area contributed by atoms with Gasteiger partial charge in [0.05, 0.1) is 0 Å². The molecule has 0 atom stereocenters. The van der Waals surface area contributed by atoms with Crippen LogP contribution >= 0.6 is 0 Å². The maximum atomic E-state index is 12.1. The largest absolute Gasteiger partial charge is 0.344 e. The van der Waals surface area contributed by atoms with Gasteiger partial charge in [0.2, 0.25) is 0 Å². The molecule has 0 saturated heterocycles. The van der Waals surface area contributed by atoms with Gasteiger partial charge in [0.15, 0.2) is 11.6 Å². The minimum Gasteiger partial charge on any atom is -0.344 e. The molecule has 0 saturated carbocycles. The van der Waals surface area contributed by atoms with Gasteiger partial charge in [0.1, 0.15) is 0 Å². The molecule has 3 heteroatoms. The van der Waals surface area contributed by atoms with Crippen LogP contribution in [-0.4, -0.2) is 16.1 Å². The first-order valence-electron chi connectivity index (χ1n) is 6.86. The van der Waals surface area contributed by atoms with Crippen LogP contribution in [0.15, 0.2) is 42.5 Å². The Hall–Kier alpha value is -2.68. The number of carbonyl (C=O) groups excluding carboxylic acids is 2. The molecule has 0 fully saturated rings. The Kier molecular flexibility index (Phi) is 2.25. The second-order valence-electron chi connectivity index (χ2n) is 5.50. The van der Waals surface area contributed by atoms with Gasteiger partial charge in [-0.05, 0) is 42.8 Å². The van der Waals surface area contributed by atoms with Gasteiger partial charge in [-0.15, -0.1) is 0 Å². The van der Waals surface area contributed by atoms with Gasteiger partial charge in [-0.25, -0.2) is 0 Å². The highest BCUT2D eigenvalue weighted by Crippen LogP contribution is 2.33. The summed E-state index contributed by atoms with van der Waals surface area (Å²) in [4.78, 5) is 24.1. The molecule has 0 unspecified atom stereocenters.